The van der Waals surface area contributed by atoms with E-state index in [0.717, 1.165) is 29.8 Å². The van der Waals surface area contributed by atoms with Crippen LogP contribution >= 0.6 is 0 Å². The molecule has 1 aliphatic heterocycles. The molecule has 0 bridgehead atoms. The van der Waals surface area contributed by atoms with E-state index in [1.165, 1.54) is 83.7 Å². The average Bonchev–Trinajstić information content (AvgIpc) is 2.55. The second kappa shape index (κ2) is 7.97. The van der Waals surface area contributed by atoms with Crippen molar-refractivity contribution in [3.05, 3.63) is 0 Å². The minimum Gasteiger partial charge on any atom is -0.314 e. The first-order valence-electron chi connectivity index (χ1n) is 9.81. The van der Waals surface area contributed by atoms with Gasteiger partial charge in [-0.3, -0.25) is 0 Å². The van der Waals surface area contributed by atoms with Gasteiger partial charge in [-0.05, 0) is 62.9 Å². The number of hydrogen-bond donors (Lipinski definition) is 2. The second-order valence-electron chi connectivity index (χ2n) is 8.04. The van der Waals surface area contributed by atoms with Gasteiger partial charge in [0, 0.05) is 12.1 Å². The molecule has 0 radical (unpaired) electrons. The Morgan fingerprint density at radius 2 is 1.62 bits per heavy atom. The zero-order valence-electron chi connectivity index (χ0n) is 14.1. The van der Waals surface area contributed by atoms with E-state index < -0.39 is 0 Å². The zero-order valence-corrected chi connectivity index (χ0v) is 14.1. The van der Waals surface area contributed by atoms with Gasteiger partial charge in [0.2, 0.25) is 0 Å². The Bertz CT molecular complexity index is 298. The standard InChI is InChI=1S/C19H36N2/c1-15-8-2-3-9-16(15)14-21-19-11-5-4-10-17(19)18-12-6-7-13-20-18/h15-21H,2-14H2,1H3. The quantitative estimate of drug-likeness (QED) is 0.815. The smallest absolute Gasteiger partial charge is 0.0110 e. The maximum Gasteiger partial charge on any atom is 0.0110 e. The molecule has 0 aromatic rings. The van der Waals surface area contributed by atoms with Crippen molar-refractivity contribution in [3.8, 4) is 0 Å². The fraction of sp³-hybridized carbons (Fsp3) is 1.00. The van der Waals surface area contributed by atoms with Gasteiger partial charge < -0.3 is 10.6 Å². The van der Waals surface area contributed by atoms with Crippen molar-refractivity contribution in [3.63, 3.8) is 0 Å². The molecule has 0 aromatic carbocycles. The molecule has 2 nitrogen and oxygen atoms in total. The molecule has 3 rings (SSSR count). The molecule has 3 fully saturated rings. The molecular formula is C19H36N2. The highest BCUT2D eigenvalue weighted by atomic mass is 15.0. The van der Waals surface area contributed by atoms with Gasteiger partial charge in [-0.25, -0.2) is 0 Å². The lowest BCUT2D eigenvalue weighted by Gasteiger charge is -2.41. The fourth-order valence-corrected chi connectivity index (χ4v) is 5.14. The highest BCUT2D eigenvalue weighted by Crippen LogP contribution is 2.32. The summed E-state index contributed by atoms with van der Waals surface area (Å²) in [5, 5.41) is 7.85. The molecular weight excluding hydrogens is 256 g/mol. The van der Waals surface area contributed by atoms with Crippen molar-refractivity contribution in [2.75, 3.05) is 13.1 Å². The molecule has 2 aliphatic carbocycles. The van der Waals surface area contributed by atoms with E-state index in [4.69, 9.17) is 0 Å². The van der Waals surface area contributed by atoms with Crippen LogP contribution < -0.4 is 10.6 Å². The lowest BCUT2D eigenvalue weighted by molar-refractivity contribution is 0.164. The second-order valence-corrected chi connectivity index (χ2v) is 8.04. The summed E-state index contributed by atoms with van der Waals surface area (Å²) in [4.78, 5) is 0. The van der Waals surface area contributed by atoms with Crippen LogP contribution in [0.1, 0.15) is 77.6 Å². The fourth-order valence-electron chi connectivity index (χ4n) is 5.14. The minimum absolute atomic E-state index is 0.795. The van der Waals surface area contributed by atoms with Gasteiger partial charge in [0.15, 0.2) is 0 Å². The SMILES string of the molecule is CC1CCCCC1CNC1CCCCC1C1CCCCN1. The third-order valence-corrected chi connectivity index (χ3v) is 6.62. The molecule has 0 amide bonds. The van der Waals surface area contributed by atoms with E-state index in [2.05, 4.69) is 17.6 Å². The van der Waals surface area contributed by atoms with Crippen LogP contribution in [0, 0.1) is 17.8 Å². The Morgan fingerprint density at radius 3 is 2.43 bits per heavy atom. The Morgan fingerprint density at radius 1 is 0.857 bits per heavy atom. The van der Waals surface area contributed by atoms with Gasteiger partial charge in [0.25, 0.3) is 0 Å². The Labute approximate surface area is 131 Å². The van der Waals surface area contributed by atoms with Gasteiger partial charge in [-0.1, -0.05) is 45.4 Å². The molecule has 0 spiro atoms. The number of nitrogens with one attached hydrogen (secondary N) is 2. The highest BCUT2D eigenvalue weighted by molar-refractivity contribution is 4.91. The van der Waals surface area contributed by atoms with Crippen molar-refractivity contribution >= 4 is 0 Å². The van der Waals surface area contributed by atoms with E-state index in [-0.39, 0.29) is 0 Å². The van der Waals surface area contributed by atoms with Crippen molar-refractivity contribution in [1.29, 1.82) is 0 Å². The third-order valence-electron chi connectivity index (χ3n) is 6.62. The zero-order chi connectivity index (χ0) is 14.5. The Balaban J connectivity index is 1.51. The van der Waals surface area contributed by atoms with E-state index in [9.17, 15) is 0 Å². The lowest BCUT2D eigenvalue weighted by Crippen LogP contribution is -2.51. The van der Waals surface area contributed by atoms with Crippen LogP contribution in [0.25, 0.3) is 0 Å². The summed E-state index contributed by atoms with van der Waals surface area (Å²) < 4.78 is 0. The molecule has 2 N–H and O–H groups in total. The maximum atomic E-state index is 4.03. The topological polar surface area (TPSA) is 24.1 Å². The third kappa shape index (κ3) is 4.22. The Kier molecular flexibility index (Phi) is 5.99. The number of piperidine rings is 1. The summed E-state index contributed by atoms with van der Waals surface area (Å²) in [7, 11) is 0. The van der Waals surface area contributed by atoms with Gasteiger partial charge >= 0.3 is 0 Å². The van der Waals surface area contributed by atoms with Crippen LogP contribution in [-0.4, -0.2) is 25.2 Å². The summed E-state index contributed by atoms with van der Waals surface area (Å²) in [5.74, 6) is 2.79. The highest BCUT2D eigenvalue weighted by Gasteiger charge is 2.33. The van der Waals surface area contributed by atoms with Gasteiger partial charge in [0.05, 0.1) is 0 Å². The van der Waals surface area contributed by atoms with Crippen molar-refractivity contribution in [2.24, 2.45) is 17.8 Å². The largest absolute Gasteiger partial charge is 0.314 e. The van der Waals surface area contributed by atoms with Crippen molar-refractivity contribution in [2.45, 2.75) is 89.6 Å². The maximum absolute atomic E-state index is 4.03. The van der Waals surface area contributed by atoms with Gasteiger partial charge in [-0.2, -0.15) is 0 Å². The van der Waals surface area contributed by atoms with E-state index >= 15 is 0 Å². The molecule has 1 heterocycles. The summed E-state index contributed by atoms with van der Waals surface area (Å²) in [5.41, 5.74) is 0. The van der Waals surface area contributed by atoms with Gasteiger partial charge in [0.1, 0.15) is 0 Å². The molecule has 122 valence electrons. The summed E-state index contributed by atoms with van der Waals surface area (Å²) in [6.07, 6.45) is 15.9. The average molecular weight is 293 g/mol. The lowest BCUT2D eigenvalue weighted by atomic mass is 9.76. The van der Waals surface area contributed by atoms with E-state index in [0.29, 0.717) is 0 Å². The van der Waals surface area contributed by atoms with Crippen molar-refractivity contribution in [1.82, 2.24) is 10.6 Å². The number of hydrogen-bond acceptors (Lipinski definition) is 2. The molecule has 2 saturated carbocycles. The molecule has 5 atom stereocenters. The first kappa shape index (κ1) is 15.8. The van der Waals surface area contributed by atoms with Crippen LogP contribution in [0.5, 0.6) is 0 Å². The summed E-state index contributed by atoms with van der Waals surface area (Å²) in [6.45, 7) is 5.02. The normalized spacial score (nSPS) is 41.9. The molecule has 3 aliphatic rings. The van der Waals surface area contributed by atoms with E-state index in [1.807, 2.05) is 0 Å². The predicted molar refractivity (Wildman–Crippen MR) is 90.5 cm³/mol. The molecule has 2 heteroatoms. The first-order valence-corrected chi connectivity index (χ1v) is 9.81. The molecule has 21 heavy (non-hydrogen) atoms. The first-order chi connectivity index (χ1) is 10.3. The summed E-state index contributed by atoms with van der Waals surface area (Å²) >= 11 is 0. The monoisotopic (exact) mass is 292 g/mol. The Hall–Kier alpha value is -0.0800. The van der Waals surface area contributed by atoms with Crippen LogP contribution in [0.4, 0.5) is 0 Å². The van der Waals surface area contributed by atoms with E-state index in [1.54, 1.807) is 0 Å². The van der Waals surface area contributed by atoms with Crippen molar-refractivity contribution < 1.29 is 0 Å². The summed E-state index contributed by atoms with van der Waals surface area (Å²) in [6, 6.07) is 1.60. The van der Waals surface area contributed by atoms with Crippen LogP contribution in [-0.2, 0) is 0 Å². The molecule has 0 aromatic heterocycles. The molecule has 5 unspecified atom stereocenters. The predicted octanol–water partition coefficient (Wildman–Crippen LogP) is 4.10. The van der Waals surface area contributed by atoms with Crippen LogP contribution in [0.2, 0.25) is 0 Å². The van der Waals surface area contributed by atoms with Crippen LogP contribution in [0.15, 0.2) is 0 Å². The number of rotatable bonds is 4. The minimum atomic E-state index is 0.795. The van der Waals surface area contributed by atoms with Crippen LogP contribution in [0.3, 0.4) is 0 Å². The molecule has 1 saturated heterocycles. The van der Waals surface area contributed by atoms with Gasteiger partial charge in [-0.15, -0.1) is 0 Å².